The van der Waals surface area contributed by atoms with Crippen molar-refractivity contribution in [2.24, 2.45) is 0 Å². The summed E-state index contributed by atoms with van der Waals surface area (Å²) >= 11 is 0. The van der Waals surface area contributed by atoms with Gasteiger partial charge in [-0.2, -0.15) is 4.31 Å². The third-order valence-electron chi connectivity index (χ3n) is 6.32. The highest BCUT2D eigenvalue weighted by atomic mass is 32.2. The van der Waals surface area contributed by atoms with E-state index in [0.717, 1.165) is 36.2 Å². The average Bonchev–Trinajstić information content (AvgIpc) is 2.85. The van der Waals surface area contributed by atoms with Crippen LogP contribution < -0.4 is 5.32 Å². The fourth-order valence-corrected chi connectivity index (χ4v) is 4.54. The molecule has 0 aromatic heterocycles. The van der Waals surface area contributed by atoms with E-state index in [1.807, 2.05) is 6.07 Å². The van der Waals surface area contributed by atoms with E-state index in [9.17, 15) is 22.4 Å². The van der Waals surface area contributed by atoms with Gasteiger partial charge in [-0.1, -0.05) is 54.1 Å². The maximum absolute atomic E-state index is 13.5. The molecule has 0 unspecified atom stereocenters. The van der Waals surface area contributed by atoms with Crippen LogP contribution in [0.4, 0.5) is 4.39 Å². The predicted octanol–water partition coefficient (Wildman–Crippen LogP) is 3.79. The molecule has 1 atom stereocenters. The summed E-state index contributed by atoms with van der Waals surface area (Å²) in [5.41, 5.74) is 2.55. The molecule has 2 aromatic carbocycles. The molecule has 0 aliphatic heterocycles. The van der Waals surface area contributed by atoms with Gasteiger partial charge in [0.2, 0.25) is 21.8 Å². The fourth-order valence-electron chi connectivity index (χ4n) is 4.19. The largest absolute Gasteiger partial charge is 0.354 e. The van der Waals surface area contributed by atoms with E-state index in [0.29, 0.717) is 17.7 Å². The molecule has 9 heteroatoms. The van der Waals surface area contributed by atoms with Crippen molar-refractivity contribution in [2.45, 2.75) is 44.7 Å². The smallest absolute Gasteiger partial charge is 0.247 e. The Labute approximate surface area is 213 Å². The zero-order valence-electron chi connectivity index (χ0n) is 20.8. The lowest BCUT2D eigenvalue weighted by molar-refractivity contribution is -0.141. The molecule has 0 spiro atoms. The maximum atomic E-state index is 13.5. The van der Waals surface area contributed by atoms with Crippen molar-refractivity contribution in [3.63, 3.8) is 0 Å². The molecule has 3 rings (SSSR count). The first-order valence-corrected chi connectivity index (χ1v) is 14.0. The Bertz CT molecular complexity index is 1170. The highest BCUT2D eigenvalue weighted by Crippen LogP contribution is 2.25. The van der Waals surface area contributed by atoms with Gasteiger partial charge in [-0.25, -0.2) is 12.8 Å². The Hall–Kier alpha value is -3.04. The van der Waals surface area contributed by atoms with Crippen molar-refractivity contribution >= 4 is 21.8 Å². The lowest BCUT2D eigenvalue weighted by Gasteiger charge is -2.32. The van der Waals surface area contributed by atoms with Crippen molar-refractivity contribution in [2.75, 3.05) is 26.4 Å². The van der Waals surface area contributed by atoms with Gasteiger partial charge in [-0.3, -0.25) is 9.59 Å². The number of halogens is 1. The van der Waals surface area contributed by atoms with Crippen molar-refractivity contribution in [1.82, 2.24) is 14.5 Å². The Morgan fingerprint density at radius 2 is 1.75 bits per heavy atom. The summed E-state index contributed by atoms with van der Waals surface area (Å²) in [4.78, 5) is 28.4. The zero-order chi connectivity index (χ0) is 26.1. The lowest BCUT2D eigenvalue weighted by atomic mass is 9.97. The molecule has 1 aliphatic rings. The summed E-state index contributed by atoms with van der Waals surface area (Å²) in [6, 6.07) is 13.6. The quantitative estimate of drug-likeness (QED) is 0.462. The number of hydrogen-bond acceptors (Lipinski definition) is 4. The minimum Gasteiger partial charge on any atom is -0.354 e. The van der Waals surface area contributed by atoms with E-state index in [-0.39, 0.29) is 12.5 Å². The topological polar surface area (TPSA) is 86.8 Å². The molecule has 194 valence electrons. The van der Waals surface area contributed by atoms with Crippen LogP contribution in [0.2, 0.25) is 0 Å². The van der Waals surface area contributed by atoms with Crippen molar-refractivity contribution in [3.8, 4) is 0 Å². The number of sulfonamides is 1. The molecular formula is C27H34FN3O4S. The standard InChI is InChI=1S/C27H34FN3O4S/c1-30(36(2,34)35)20-25(32)31(19-22-13-15-24(28)16-14-22)26(23-11-7-4-8-12-23)27(33)29-18-17-21-9-5-3-6-10-21/h4,7-9,11-16,26H,3,5-6,10,17-20H2,1-2H3,(H,29,33)/t26-/m0/s1. The van der Waals surface area contributed by atoms with Crippen molar-refractivity contribution in [1.29, 1.82) is 0 Å². The Morgan fingerprint density at radius 3 is 2.36 bits per heavy atom. The Balaban J connectivity index is 1.89. The summed E-state index contributed by atoms with van der Waals surface area (Å²) in [7, 11) is -2.30. The normalized spacial score (nSPS) is 14.7. The summed E-state index contributed by atoms with van der Waals surface area (Å²) in [6.07, 6.45) is 8.43. The summed E-state index contributed by atoms with van der Waals surface area (Å²) in [5.74, 6) is -1.30. The monoisotopic (exact) mass is 515 g/mol. The van der Waals surface area contributed by atoms with Gasteiger partial charge in [0.05, 0.1) is 12.8 Å². The average molecular weight is 516 g/mol. The van der Waals surface area contributed by atoms with E-state index in [2.05, 4.69) is 11.4 Å². The first kappa shape index (κ1) is 27.5. The van der Waals surface area contributed by atoms with Gasteiger partial charge < -0.3 is 10.2 Å². The number of likely N-dealkylation sites (N-methyl/N-ethyl adjacent to an activating group) is 1. The second-order valence-electron chi connectivity index (χ2n) is 9.13. The molecule has 2 amide bonds. The van der Waals surface area contributed by atoms with Gasteiger partial charge in [0.1, 0.15) is 11.9 Å². The van der Waals surface area contributed by atoms with Crippen LogP contribution in [0.3, 0.4) is 0 Å². The molecule has 2 aromatic rings. The molecule has 0 heterocycles. The van der Waals surface area contributed by atoms with Crippen LogP contribution >= 0.6 is 0 Å². The number of hydrogen-bond donors (Lipinski definition) is 1. The van der Waals surface area contributed by atoms with Gasteiger partial charge in [0.25, 0.3) is 0 Å². The Kier molecular flexibility index (Phi) is 9.78. The fraction of sp³-hybridized carbons (Fsp3) is 0.407. The van der Waals surface area contributed by atoms with E-state index < -0.39 is 34.3 Å². The third-order valence-corrected chi connectivity index (χ3v) is 7.58. The van der Waals surface area contributed by atoms with E-state index >= 15 is 0 Å². The summed E-state index contributed by atoms with van der Waals surface area (Å²) in [5, 5.41) is 2.98. The molecule has 0 bridgehead atoms. The minimum atomic E-state index is -3.62. The van der Waals surface area contributed by atoms with Crippen LogP contribution in [-0.2, 0) is 26.2 Å². The summed E-state index contributed by atoms with van der Waals surface area (Å²) in [6.45, 7) is 0.0220. The van der Waals surface area contributed by atoms with Gasteiger partial charge >= 0.3 is 0 Å². The number of rotatable bonds is 11. The van der Waals surface area contributed by atoms with E-state index in [1.165, 1.54) is 36.1 Å². The Morgan fingerprint density at radius 1 is 1.06 bits per heavy atom. The maximum Gasteiger partial charge on any atom is 0.247 e. The first-order chi connectivity index (χ1) is 17.1. The molecule has 7 nitrogen and oxygen atoms in total. The number of carbonyl (C=O) groups is 2. The van der Waals surface area contributed by atoms with Crippen LogP contribution in [0.25, 0.3) is 0 Å². The van der Waals surface area contributed by atoms with Crippen LogP contribution in [0.15, 0.2) is 66.2 Å². The molecule has 0 fully saturated rings. The van der Waals surface area contributed by atoms with Crippen LogP contribution in [-0.4, -0.2) is 55.8 Å². The molecule has 1 N–H and O–H groups in total. The number of carbonyl (C=O) groups excluding carboxylic acids is 2. The third kappa shape index (κ3) is 7.99. The van der Waals surface area contributed by atoms with Gasteiger partial charge in [-0.15, -0.1) is 0 Å². The number of allylic oxidation sites excluding steroid dienone is 1. The predicted molar refractivity (Wildman–Crippen MR) is 138 cm³/mol. The van der Waals surface area contributed by atoms with E-state index in [4.69, 9.17) is 0 Å². The van der Waals surface area contributed by atoms with Crippen molar-refractivity contribution < 1.29 is 22.4 Å². The number of nitrogens with zero attached hydrogens (tertiary/aromatic N) is 2. The highest BCUT2D eigenvalue weighted by molar-refractivity contribution is 7.88. The molecule has 36 heavy (non-hydrogen) atoms. The molecule has 0 radical (unpaired) electrons. The van der Waals surface area contributed by atoms with E-state index in [1.54, 1.807) is 36.4 Å². The highest BCUT2D eigenvalue weighted by Gasteiger charge is 2.32. The number of nitrogens with one attached hydrogen (secondary N) is 1. The lowest BCUT2D eigenvalue weighted by Crippen LogP contribution is -2.47. The molecule has 0 saturated heterocycles. The number of benzene rings is 2. The summed E-state index contributed by atoms with van der Waals surface area (Å²) < 4.78 is 38.4. The SMILES string of the molecule is CN(CC(=O)N(Cc1ccc(F)cc1)[C@H](C(=O)NCCC1=CCCCC1)c1ccccc1)S(C)(=O)=O. The van der Waals surface area contributed by atoms with Crippen LogP contribution in [0.5, 0.6) is 0 Å². The van der Waals surface area contributed by atoms with Gasteiger partial charge in [0, 0.05) is 20.1 Å². The second kappa shape index (κ2) is 12.8. The molecule has 1 aliphatic carbocycles. The zero-order valence-corrected chi connectivity index (χ0v) is 21.6. The van der Waals surface area contributed by atoms with Gasteiger partial charge in [-0.05, 0) is 55.4 Å². The second-order valence-corrected chi connectivity index (χ2v) is 11.2. The number of amides is 2. The first-order valence-electron chi connectivity index (χ1n) is 12.1. The van der Waals surface area contributed by atoms with Crippen molar-refractivity contribution in [3.05, 3.63) is 83.2 Å². The molecule has 0 saturated carbocycles. The van der Waals surface area contributed by atoms with Gasteiger partial charge in [0.15, 0.2) is 0 Å². The van der Waals surface area contributed by atoms with Crippen LogP contribution in [0, 0.1) is 5.82 Å². The molecular weight excluding hydrogens is 481 g/mol. The minimum absolute atomic E-state index is 0.00878. The van der Waals surface area contributed by atoms with Crippen LogP contribution in [0.1, 0.15) is 49.3 Å².